The van der Waals surface area contributed by atoms with E-state index in [2.05, 4.69) is 5.32 Å². The van der Waals surface area contributed by atoms with E-state index in [1.165, 1.54) is 0 Å². The average molecular weight is 327 g/mol. The van der Waals surface area contributed by atoms with E-state index in [1.807, 2.05) is 4.90 Å². The van der Waals surface area contributed by atoms with Crippen LogP contribution in [-0.4, -0.2) is 36.3 Å². The Morgan fingerprint density at radius 1 is 1.14 bits per heavy atom. The van der Waals surface area contributed by atoms with Gasteiger partial charge in [0.15, 0.2) is 0 Å². The van der Waals surface area contributed by atoms with Gasteiger partial charge in [0.1, 0.15) is 0 Å². The summed E-state index contributed by atoms with van der Waals surface area (Å²) in [4.78, 5) is 25.7. The van der Waals surface area contributed by atoms with Crippen LogP contribution in [0.1, 0.15) is 29.6 Å². The summed E-state index contributed by atoms with van der Waals surface area (Å²) < 4.78 is 0. The number of rotatable bonds is 1. The first-order valence-corrected chi connectivity index (χ1v) is 7.75. The van der Waals surface area contributed by atoms with Gasteiger partial charge >= 0.3 is 0 Å². The molecule has 3 rings (SSSR count). The smallest absolute Gasteiger partial charge is 0.253 e. The van der Waals surface area contributed by atoms with Gasteiger partial charge in [-0.05, 0) is 36.5 Å². The van der Waals surface area contributed by atoms with Crippen LogP contribution >= 0.6 is 23.2 Å². The van der Waals surface area contributed by atoms with Crippen molar-refractivity contribution in [3.8, 4) is 0 Å². The number of halogens is 2. The van der Waals surface area contributed by atoms with Crippen molar-refractivity contribution in [1.29, 1.82) is 0 Å². The van der Waals surface area contributed by atoms with Gasteiger partial charge in [-0.3, -0.25) is 9.59 Å². The number of nitrogens with one attached hydrogen (secondary N) is 1. The predicted octanol–water partition coefficient (Wildman–Crippen LogP) is 2.74. The molecule has 0 aliphatic carbocycles. The molecule has 1 N–H and O–H groups in total. The summed E-state index contributed by atoms with van der Waals surface area (Å²) in [6.45, 7) is 2.06. The standard InChI is InChI=1S/C15H16Cl2N2O2/c16-11-5-10(6-12(17)7-11)14(21)19-3-1-15(2-4-19)8-13(20)18-9-15/h5-7H,1-4,8-9H2,(H,18,20). The maximum absolute atomic E-state index is 12.5. The van der Waals surface area contributed by atoms with Gasteiger partial charge in [-0.1, -0.05) is 23.2 Å². The number of hydrogen-bond donors (Lipinski definition) is 1. The van der Waals surface area contributed by atoms with Gasteiger partial charge < -0.3 is 10.2 Å². The Labute approximate surface area is 133 Å². The summed E-state index contributed by atoms with van der Waals surface area (Å²) in [6, 6.07) is 4.89. The zero-order valence-electron chi connectivity index (χ0n) is 11.5. The minimum absolute atomic E-state index is 0.0415. The van der Waals surface area contributed by atoms with Crippen LogP contribution in [-0.2, 0) is 4.79 Å². The molecule has 2 fully saturated rings. The van der Waals surface area contributed by atoms with Gasteiger partial charge in [-0.25, -0.2) is 0 Å². The van der Waals surface area contributed by atoms with Gasteiger partial charge in [-0.15, -0.1) is 0 Å². The molecular weight excluding hydrogens is 311 g/mol. The lowest BCUT2D eigenvalue weighted by atomic mass is 9.77. The Bertz CT molecular complexity index is 575. The monoisotopic (exact) mass is 326 g/mol. The molecule has 2 aliphatic rings. The SMILES string of the molecule is O=C1CC2(CCN(C(=O)c3cc(Cl)cc(Cl)c3)CC2)CN1. The van der Waals surface area contributed by atoms with Crippen LogP contribution in [0.4, 0.5) is 0 Å². The fourth-order valence-electron chi connectivity index (χ4n) is 3.15. The number of carbonyl (C=O) groups is 2. The number of likely N-dealkylation sites (tertiary alicyclic amines) is 1. The van der Waals surface area contributed by atoms with Gasteiger partial charge in [0, 0.05) is 41.7 Å². The number of piperidine rings is 1. The lowest BCUT2D eigenvalue weighted by Gasteiger charge is -2.38. The molecule has 0 aromatic heterocycles. The highest BCUT2D eigenvalue weighted by atomic mass is 35.5. The van der Waals surface area contributed by atoms with E-state index < -0.39 is 0 Å². The van der Waals surface area contributed by atoms with Crippen molar-refractivity contribution in [3.05, 3.63) is 33.8 Å². The lowest BCUT2D eigenvalue weighted by molar-refractivity contribution is -0.119. The molecule has 0 saturated carbocycles. The summed E-state index contributed by atoms with van der Waals surface area (Å²) in [5, 5.41) is 3.82. The largest absolute Gasteiger partial charge is 0.356 e. The Balaban J connectivity index is 1.69. The van der Waals surface area contributed by atoms with Crippen LogP contribution in [0, 0.1) is 5.41 Å². The fraction of sp³-hybridized carbons (Fsp3) is 0.467. The zero-order chi connectivity index (χ0) is 15.0. The van der Waals surface area contributed by atoms with Crippen molar-refractivity contribution in [2.45, 2.75) is 19.3 Å². The van der Waals surface area contributed by atoms with E-state index in [0.717, 1.165) is 19.4 Å². The summed E-state index contributed by atoms with van der Waals surface area (Å²) in [5.74, 6) is 0.0722. The summed E-state index contributed by atoms with van der Waals surface area (Å²) in [6.07, 6.45) is 2.29. The van der Waals surface area contributed by atoms with Crippen molar-refractivity contribution in [2.24, 2.45) is 5.41 Å². The third-order valence-electron chi connectivity index (χ3n) is 4.42. The molecule has 2 heterocycles. The number of amides is 2. The molecule has 0 bridgehead atoms. The van der Waals surface area contributed by atoms with Crippen molar-refractivity contribution in [3.63, 3.8) is 0 Å². The summed E-state index contributed by atoms with van der Waals surface area (Å²) in [7, 11) is 0. The molecule has 1 aromatic carbocycles. The van der Waals surface area contributed by atoms with E-state index in [1.54, 1.807) is 18.2 Å². The van der Waals surface area contributed by atoms with Crippen LogP contribution < -0.4 is 5.32 Å². The lowest BCUT2D eigenvalue weighted by Crippen LogP contribution is -2.44. The molecule has 1 spiro atoms. The zero-order valence-corrected chi connectivity index (χ0v) is 13.0. The van der Waals surface area contributed by atoms with Gasteiger partial charge in [0.25, 0.3) is 5.91 Å². The van der Waals surface area contributed by atoms with Crippen LogP contribution in [0.15, 0.2) is 18.2 Å². The molecular formula is C15H16Cl2N2O2. The van der Waals surface area contributed by atoms with Gasteiger partial charge in [0.05, 0.1) is 0 Å². The first kappa shape index (κ1) is 14.7. The Morgan fingerprint density at radius 2 is 1.76 bits per heavy atom. The molecule has 2 amide bonds. The molecule has 6 heteroatoms. The van der Waals surface area contributed by atoms with E-state index in [-0.39, 0.29) is 17.2 Å². The minimum atomic E-state index is -0.0495. The molecule has 21 heavy (non-hydrogen) atoms. The minimum Gasteiger partial charge on any atom is -0.356 e. The second kappa shape index (κ2) is 5.50. The second-order valence-electron chi connectivity index (χ2n) is 5.90. The molecule has 4 nitrogen and oxygen atoms in total. The highest BCUT2D eigenvalue weighted by Gasteiger charge is 2.41. The Hall–Kier alpha value is -1.26. The van der Waals surface area contributed by atoms with Crippen molar-refractivity contribution in [2.75, 3.05) is 19.6 Å². The predicted molar refractivity (Wildman–Crippen MR) is 81.7 cm³/mol. The highest BCUT2D eigenvalue weighted by molar-refractivity contribution is 6.35. The van der Waals surface area contributed by atoms with Crippen molar-refractivity contribution < 1.29 is 9.59 Å². The van der Waals surface area contributed by atoms with E-state index in [0.29, 0.717) is 35.1 Å². The van der Waals surface area contributed by atoms with Gasteiger partial charge in [0.2, 0.25) is 5.91 Å². The van der Waals surface area contributed by atoms with E-state index >= 15 is 0 Å². The number of benzene rings is 1. The maximum atomic E-state index is 12.5. The van der Waals surface area contributed by atoms with E-state index in [9.17, 15) is 9.59 Å². The first-order valence-electron chi connectivity index (χ1n) is 7.00. The maximum Gasteiger partial charge on any atom is 0.253 e. The van der Waals surface area contributed by atoms with Crippen molar-refractivity contribution >= 4 is 35.0 Å². The third kappa shape index (κ3) is 3.01. The number of nitrogens with zero attached hydrogens (tertiary/aromatic N) is 1. The van der Waals surface area contributed by atoms with Crippen LogP contribution in [0.5, 0.6) is 0 Å². The van der Waals surface area contributed by atoms with Crippen molar-refractivity contribution in [1.82, 2.24) is 10.2 Å². The molecule has 0 radical (unpaired) electrons. The average Bonchev–Trinajstić information content (AvgIpc) is 2.79. The van der Waals surface area contributed by atoms with Crippen LogP contribution in [0.2, 0.25) is 10.0 Å². The summed E-state index contributed by atoms with van der Waals surface area (Å²) >= 11 is 11.9. The molecule has 2 aliphatic heterocycles. The molecule has 2 saturated heterocycles. The van der Waals surface area contributed by atoms with E-state index in [4.69, 9.17) is 23.2 Å². The third-order valence-corrected chi connectivity index (χ3v) is 4.85. The molecule has 1 aromatic rings. The molecule has 0 unspecified atom stereocenters. The molecule has 112 valence electrons. The van der Waals surface area contributed by atoms with Crippen LogP contribution in [0.25, 0.3) is 0 Å². The topological polar surface area (TPSA) is 49.4 Å². The quantitative estimate of drug-likeness (QED) is 0.862. The molecule has 0 atom stereocenters. The normalized spacial score (nSPS) is 20.7. The van der Waals surface area contributed by atoms with Gasteiger partial charge in [-0.2, -0.15) is 0 Å². The number of hydrogen-bond acceptors (Lipinski definition) is 2. The summed E-state index contributed by atoms with van der Waals surface area (Å²) in [5.41, 5.74) is 0.559. The Morgan fingerprint density at radius 3 is 2.29 bits per heavy atom. The number of carbonyl (C=O) groups excluding carboxylic acids is 2. The second-order valence-corrected chi connectivity index (χ2v) is 6.78. The Kier molecular flexibility index (Phi) is 3.84. The first-order chi connectivity index (χ1) is 9.97. The van der Waals surface area contributed by atoms with Crippen LogP contribution in [0.3, 0.4) is 0 Å². The highest BCUT2D eigenvalue weighted by Crippen LogP contribution is 2.37. The fourth-order valence-corrected chi connectivity index (χ4v) is 3.68.